The number of hydrogen-bond acceptors (Lipinski definition) is 1. The van der Waals surface area contributed by atoms with Gasteiger partial charge in [0.25, 0.3) is 5.91 Å². The molecule has 1 fully saturated rings. The van der Waals surface area contributed by atoms with Crippen molar-refractivity contribution >= 4 is 21.8 Å². The van der Waals surface area contributed by atoms with Gasteiger partial charge in [-0.2, -0.15) is 0 Å². The molecule has 0 aliphatic heterocycles. The Bertz CT molecular complexity index is 370. The molecule has 16 heavy (non-hydrogen) atoms. The fourth-order valence-corrected chi connectivity index (χ4v) is 2.21. The van der Waals surface area contributed by atoms with E-state index in [1.807, 2.05) is 24.3 Å². The van der Waals surface area contributed by atoms with Crippen LogP contribution in [0.15, 0.2) is 28.7 Å². The number of carbonyl (C=O) groups is 1. The summed E-state index contributed by atoms with van der Waals surface area (Å²) in [5, 5.41) is 3.06. The molecule has 1 aliphatic rings. The third kappa shape index (κ3) is 2.64. The van der Waals surface area contributed by atoms with Gasteiger partial charge in [0.2, 0.25) is 0 Å². The minimum atomic E-state index is 0.0342. The van der Waals surface area contributed by atoms with Crippen molar-refractivity contribution < 1.29 is 4.79 Å². The van der Waals surface area contributed by atoms with Crippen LogP contribution in [0.4, 0.5) is 0 Å². The van der Waals surface area contributed by atoms with E-state index in [4.69, 9.17) is 0 Å². The van der Waals surface area contributed by atoms with Gasteiger partial charge in [0.05, 0.1) is 0 Å². The van der Waals surface area contributed by atoms with Crippen LogP contribution in [0.1, 0.15) is 36.5 Å². The van der Waals surface area contributed by atoms with Gasteiger partial charge in [0, 0.05) is 16.1 Å². The van der Waals surface area contributed by atoms with E-state index in [1.54, 1.807) is 0 Å². The molecule has 0 radical (unpaired) electrons. The first-order chi connectivity index (χ1) is 7.66. The molecule has 3 heteroatoms. The molecule has 86 valence electrons. The van der Waals surface area contributed by atoms with Crippen LogP contribution in [0.2, 0.25) is 0 Å². The third-order valence-corrected chi connectivity index (χ3v) is 3.85. The van der Waals surface area contributed by atoms with Crippen LogP contribution >= 0.6 is 15.9 Å². The van der Waals surface area contributed by atoms with Gasteiger partial charge in [0.15, 0.2) is 0 Å². The molecule has 1 aromatic carbocycles. The highest BCUT2D eigenvalue weighted by molar-refractivity contribution is 9.10. The molecule has 1 N–H and O–H groups in total. The summed E-state index contributed by atoms with van der Waals surface area (Å²) in [6.07, 6.45) is 3.81. The predicted molar refractivity (Wildman–Crippen MR) is 68.4 cm³/mol. The topological polar surface area (TPSA) is 29.1 Å². The van der Waals surface area contributed by atoms with Gasteiger partial charge >= 0.3 is 0 Å². The Morgan fingerprint density at radius 2 is 2.00 bits per heavy atom. The quantitative estimate of drug-likeness (QED) is 0.904. The molecule has 1 amide bonds. The predicted octanol–water partition coefficient (Wildman–Crippen LogP) is 3.37. The van der Waals surface area contributed by atoms with E-state index < -0.39 is 0 Å². The molecule has 2 rings (SSSR count). The molecular formula is C13H16BrNO. The van der Waals surface area contributed by atoms with Crippen molar-refractivity contribution in [2.75, 3.05) is 0 Å². The van der Waals surface area contributed by atoms with Crippen LogP contribution < -0.4 is 5.32 Å². The largest absolute Gasteiger partial charge is 0.349 e. The van der Waals surface area contributed by atoms with E-state index in [1.165, 1.54) is 19.3 Å². The summed E-state index contributed by atoms with van der Waals surface area (Å²) in [4.78, 5) is 11.9. The zero-order valence-corrected chi connectivity index (χ0v) is 11.0. The van der Waals surface area contributed by atoms with Crippen molar-refractivity contribution in [3.05, 3.63) is 34.3 Å². The lowest BCUT2D eigenvalue weighted by Gasteiger charge is -2.31. The zero-order chi connectivity index (χ0) is 11.5. The van der Waals surface area contributed by atoms with Gasteiger partial charge in [-0.25, -0.2) is 0 Å². The summed E-state index contributed by atoms with van der Waals surface area (Å²) in [7, 11) is 0. The standard InChI is InChI=1S/C13H16BrNO/c1-9(10-3-2-4-10)15-13(16)11-5-7-12(14)8-6-11/h5-10H,2-4H2,1H3,(H,15,16). The summed E-state index contributed by atoms with van der Waals surface area (Å²) in [6, 6.07) is 7.76. The van der Waals surface area contributed by atoms with Gasteiger partial charge in [-0.3, -0.25) is 4.79 Å². The summed E-state index contributed by atoms with van der Waals surface area (Å²) in [5.41, 5.74) is 0.731. The first-order valence-electron chi connectivity index (χ1n) is 5.73. The number of nitrogens with one attached hydrogen (secondary N) is 1. The molecular weight excluding hydrogens is 266 g/mol. The van der Waals surface area contributed by atoms with Gasteiger partial charge in [-0.15, -0.1) is 0 Å². The fourth-order valence-electron chi connectivity index (χ4n) is 1.95. The number of amides is 1. The fraction of sp³-hybridized carbons (Fsp3) is 0.462. The van der Waals surface area contributed by atoms with Gasteiger partial charge in [-0.1, -0.05) is 22.4 Å². The Morgan fingerprint density at radius 3 is 2.50 bits per heavy atom. The van der Waals surface area contributed by atoms with Gasteiger partial charge in [0.1, 0.15) is 0 Å². The Kier molecular flexibility index (Phi) is 3.64. The molecule has 1 atom stereocenters. The van der Waals surface area contributed by atoms with E-state index in [0.717, 1.165) is 10.0 Å². The highest BCUT2D eigenvalue weighted by Gasteiger charge is 2.25. The third-order valence-electron chi connectivity index (χ3n) is 3.32. The SMILES string of the molecule is CC(NC(=O)c1ccc(Br)cc1)C1CCC1. The summed E-state index contributed by atoms with van der Waals surface area (Å²) in [5.74, 6) is 0.714. The van der Waals surface area contributed by atoms with E-state index >= 15 is 0 Å². The Hall–Kier alpha value is -0.830. The lowest BCUT2D eigenvalue weighted by molar-refractivity contribution is 0.0909. The minimum Gasteiger partial charge on any atom is -0.349 e. The van der Waals surface area contributed by atoms with Crippen LogP contribution in [0, 0.1) is 5.92 Å². The number of carbonyl (C=O) groups excluding carboxylic acids is 1. The molecule has 2 nitrogen and oxygen atoms in total. The van der Waals surface area contributed by atoms with Gasteiger partial charge < -0.3 is 5.32 Å². The van der Waals surface area contributed by atoms with Crippen molar-refractivity contribution in [1.29, 1.82) is 0 Å². The highest BCUT2D eigenvalue weighted by atomic mass is 79.9. The maximum absolute atomic E-state index is 11.9. The number of benzene rings is 1. The number of hydrogen-bond donors (Lipinski definition) is 1. The van der Waals surface area contributed by atoms with Crippen LogP contribution in [-0.4, -0.2) is 11.9 Å². The number of halogens is 1. The highest BCUT2D eigenvalue weighted by Crippen LogP contribution is 2.29. The molecule has 0 bridgehead atoms. The second-order valence-electron chi connectivity index (χ2n) is 4.46. The normalized spacial score (nSPS) is 17.6. The molecule has 0 saturated heterocycles. The second-order valence-corrected chi connectivity index (χ2v) is 5.38. The van der Waals surface area contributed by atoms with Crippen molar-refractivity contribution in [2.24, 2.45) is 5.92 Å². The van der Waals surface area contributed by atoms with Crippen LogP contribution in [0.3, 0.4) is 0 Å². The first-order valence-corrected chi connectivity index (χ1v) is 6.52. The molecule has 1 aliphatic carbocycles. The summed E-state index contributed by atoms with van der Waals surface area (Å²) < 4.78 is 0.996. The lowest BCUT2D eigenvalue weighted by Crippen LogP contribution is -2.40. The Labute approximate surface area is 105 Å². The van der Waals surface area contributed by atoms with Crippen LogP contribution in [-0.2, 0) is 0 Å². The van der Waals surface area contributed by atoms with Crippen molar-refractivity contribution in [3.63, 3.8) is 0 Å². The monoisotopic (exact) mass is 281 g/mol. The van der Waals surface area contributed by atoms with E-state index in [0.29, 0.717) is 12.0 Å². The maximum Gasteiger partial charge on any atom is 0.251 e. The smallest absolute Gasteiger partial charge is 0.251 e. The van der Waals surface area contributed by atoms with E-state index in [2.05, 4.69) is 28.2 Å². The van der Waals surface area contributed by atoms with Crippen molar-refractivity contribution in [2.45, 2.75) is 32.2 Å². The molecule has 1 aromatic rings. The number of rotatable bonds is 3. The average Bonchev–Trinajstić information content (AvgIpc) is 2.15. The molecule has 1 unspecified atom stereocenters. The van der Waals surface area contributed by atoms with Crippen LogP contribution in [0.25, 0.3) is 0 Å². The van der Waals surface area contributed by atoms with E-state index in [-0.39, 0.29) is 5.91 Å². The average molecular weight is 282 g/mol. The summed E-state index contributed by atoms with van der Waals surface area (Å²) >= 11 is 3.36. The van der Waals surface area contributed by atoms with E-state index in [9.17, 15) is 4.79 Å². The van der Waals surface area contributed by atoms with Crippen molar-refractivity contribution in [3.8, 4) is 0 Å². The Balaban J connectivity index is 1.94. The summed E-state index contributed by atoms with van der Waals surface area (Å²) in [6.45, 7) is 2.10. The van der Waals surface area contributed by atoms with Crippen LogP contribution in [0.5, 0.6) is 0 Å². The molecule has 0 heterocycles. The maximum atomic E-state index is 11.9. The van der Waals surface area contributed by atoms with Gasteiger partial charge in [-0.05, 0) is 49.9 Å². The minimum absolute atomic E-state index is 0.0342. The van der Waals surface area contributed by atoms with Crippen molar-refractivity contribution in [1.82, 2.24) is 5.32 Å². The Morgan fingerprint density at radius 1 is 1.38 bits per heavy atom. The first kappa shape index (κ1) is 11.6. The lowest BCUT2D eigenvalue weighted by atomic mass is 9.80. The molecule has 1 saturated carbocycles. The molecule has 0 spiro atoms. The zero-order valence-electron chi connectivity index (χ0n) is 9.37. The molecule has 0 aromatic heterocycles. The second kappa shape index (κ2) is 5.00.